The lowest BCUT2D eigenvalue weighted by Crippen LogP contribution is -2.11. The van der Waals surface area contributed by atoms with Gasteiger partial charge in [-0.15, -0.1) is 0 Å². The number of fused-ring (bicyclic) bond motifs is 1. The second-order valence-corrected chi connectivity index (χ2v) is 6.34. The highest BCUT2D eigenvalue weighted by Gasteiger charge is 2.16. The van der Waals surface area contributed by atoms with Crippen molar-refractivity contribution < 1.29 is 5.11 Å². The predicted octanol–water partition coefficient (Wildman–Crippen LogP) is 3.40. The summed E-state index contributed by atoms with van der Waals surface area (Å²) in [6, 6.07) is 16.3. The summed E-state index contributed by atoms with van der Waals surface area (Å²) in [6.45, 7) is 2.50. The average molecular weight is 332 g/mol. The van der Waals surface area contributed by atoms with Crippen molar-refractivity contribution in [3.05, 3.63) is 72.3 Å². The van der Waals surface area contributed by atoms with Crippen LogP contribution < -0.4 is 0 Å². The fourth-order valence-electron chi connectivity index (χ4n) is 3.23. The van der Waals surface area contributed by atoms with Crippen LogP contribution in [-0.4, -0.2) is 31.0 Å². The van der Waals surface area contributed by atoms with E-state index in [0.29, 0.717) is 13.0 Å². The number of nitrogens with one attached hydrogen (secondary N) is 1. The minimum Gasteiger partial charge on any atom is -0.393 e. The molecule has 0 amide bonds. The summed E-state index contributed by atoms with van der Waals surface area (Å²) in [5.74, 6) is 0. The van der Waals surface area contributed by atoms with Gasteiger partial charge < -0.3 is 9.67 Å². The van der Waals surface area contributed by atoms with Crippen LogP contribution in [0.2, 0.25) is 0 Å². The minimum atomic E-state index is -0.428. The third-order valence-corrected chi connectivity index (χ3v) is 4.40. The highest BCUT2D eigenvalue weighted by Crippen LogP contribution is 2.25. The zero-order valence-corrected chi connectivity index (χ0v) is 14.1. The molecule has 4 rings (SSSR count). The summed E-state index contributed by atoms with van der Waals surface area (Å²) in [7, 11) is 0. The van der Waals surface area contributed by atoms with Crippen molar-refractivity contribution in [3.8, 4) is 11.3 Å². The number of imidazole rings is 1. The van der Waals surface area contributed by atoms with Crippen molar-refractivity contribution in [3.63, 3.8) is 0 Å². The molecule has 5 nitrogen and oxygen atoms in total. The van der Waals surface area contributed by atoms with Crippen molar-refractivity contribution in [2.24, 2.45) is 0 Å². The number of hydrogen-bond acceptors (Lipinski definition) is 3. The largest absolute Gasteiger partial charge is 0.393 e. The summed E-state index contributed by atoms with van der Waals surface area (Å²) in [5.41, 5.74) is 5.24. The maximum atomic E-state index is 9.97. The summed E-state index contributed by atoms with van der Waals surface area (Å²) < 4.78 is 2.12. The molecule has 2 aromatic carbocycles. The zero-order valence-electron chi connectivity index (χ0n) is 14.1. The quantitative estimate of drug-likeness (QED) is 0.589. The molecule has 0 saturated heterocycles. The van der Waals surface area contributed by atoms with Crippen LogP contribution in [-0.2, 0) is 13.0 Å². The number of aromatic nitrogens is 4. The van der Waals surface area contributed by atoms with Gasteiger partial charge in [0.2, 0.25) is 0 Å². The summed E-state index contributed by atoms with van der Waals surface area (Å²) in [4.78, 5) is 4.63. The third kappa shape index (κ3) is 3.06. The molecule has 0 radical (unpaired) electrons. The van der Waals surface area contributed by atoms with Crippen LogP contribution in [0.25, 0.3) is 22.2 Å². The summed E-state index contributed by atoms with van der Waals surface area (Å²) >= 11 is 0. The number of aliphatic hydroxyl groups excluding tert-OH is 1. The van der Waals surface area contributed by atoms with Gasteiger partial charge in [-0.3, -0.25) is 5.10 Å². The van der Waals surface area contributed by atoms with E-state index in [1.165, 1.54) is 5.56 Å². The van der Waals surface area contributed by atoms with E-state index in [1.54, 1.807) is 0 Å². The summed E-state index contributed by atoms with van der Waals surface area (Å²) in [5, 5.41) is 18.2. The molecule has 2 aromatic heterocycles. The smallest absolute Gasteiger partial charge is 0.0959 e. The van der Waals surface area contributed by atoms with Gasteiger partial charge in [-0.2, -0.15) is 5.10 Å². The average Bonchev–Trinajstić information content (AvgIpc) is 3.23. The van der Waals surface area contributed by atoms with Gasteiger partial charge in [0, 0.05) is 29.6 Å². The molecule has 25 heavy (non-hydrogen) atoms. The highest BCUT2D eigenvalue weighted by molar-refractivity contribution is 5.81. The van der Waals surface area contributed by atoms with Gasteiger partial charge in [-0.1, -0.05) is 42.5 Å². The first-order valence-corrected chi connectivity index (χ1v) is 8.41. The second kappa shape index (κ2) is 6.53. The molecule has 0 aliphatic rings. The Bertz CT molecular complexity index is 985. The zero-order chi connectivity index (χ0) is 17.2. The van der Waals surface area contributed by atoms with Gasteiger partial charge in [-0.25, -0.2) is 4.98 Å². The van der Waals surface area contributed by atoms with Crippen LogP contribution in [0.1, 0.15) is 18.2 Å². The molecule has 2 heterocycles. The minimum absolute atomic E-state index is 0.428. The molecule has 1 atom stereocenters. The molecule has 0 bridgehead atoms. The number of nitrogens with zero attached hydrogens (tertiary/aromatic N) is 3. The monoisotopic (exact) mass is 332 g/mol. The Balaban J connectivity index is 1.77. The molecule has 0 fully saturated rings. The van der Waals surface area contributed by atoms with Crippen LogP contribution >= 0.6 is 0 Å². The molecular formula is C20H20N4O. The Morgan fingerprint density at radius 1 is 1.12 bits per heavy atom. The van der Waals surface area contributed by atoms with Crippen molar-refractivity contribution >= 4 is 10.9 Å². The van der Waals surface area contributed by atoms with E-state index in [4.69, 9.17) is 0 Å². The number of aliphatic hydroxyl groups is 1. The van der Waals surface area contributed by atoms with Gasteiger partial charge in [0.05, 0.1) is 29.8 Å². The topological polar surface area (TPSA) is 66.7 Å². The Kier molecular flexibility index (Phi) is 4.07. The maximum absolute atomic E-state index is 9.97. The lowest BCUT2D eigenvalue weighted by molar-refractivity contribution is 0.193. The van der Waals surface area contributed by atoms with Crippen LogP contribution in [0, 0.1) is 0 Å². The Morgan fingerprint density at radius 2 is 1.96 bits per heavy atom. The van der Waals surface area contributed by atoms with Crippen molar-refractivity contribution in [1.29, 1.82) is 0 Å². The molecule has 0 aliphatic carbocycles. The van der Waals surface area contributed by atoms with Gasteiger partial charge in [-0.05, 0) is 18.6 Å². The molecule has 5 heteroatoms. The summed E-state index contributed by atoms with van der Waals surface area (Å²) in [6.07, 6.45) is 3.85. The molecule has 0 saturated carbocycles. The number of rotatable bonds is 5. The van der Waals surface area contributed by atoms with Gasteiger partial charge in [0.1, 0.15) is 0 Å². The lowest BCUT2D eigenvalue weighted by Gasteiger charge is -2.12. The fraction of sp³-hybridized carbons (Fsp3) is 0.200. The van der Waals surface area contributed by atoms with E-state index < -0.39 is 6.10 Å². The number of aromatic amines is 1. The Labute approximate surface area is 146 Å². The Morgan fingerprint density at radius 3 is 2.76 bits per heavy atom. The highest BCUT2D eigenvalue weighted by atomic mass is 16.3. The van der Waals surface area contributed by atoms with Crippen LogP contribution in [0.15, 0.2) is 61.1 Å². The molecule has 1 unspecified atom stereocenters. The van der Waals surface area contributed by atoms with E-state index >= 15 is 0 Å². The molecule has 2 N–H and O–H groups in total. The molecule has 126 valence electrons. The van der Waals surface area contributed by atoms with E-state index in [2.05, 4.69) is 37.9 Å². The second-order valence-electron chi connectivity index (χ2n) is 6.34. The van der Waals surface area contributed by atoms with Crippen LogP contribution in [0.4, 0.5) is 0 Å². The number of hydrogen-bond donors (Lipinski definition) is 2. The van der Waals surface area contributed by atoms with Crippen LogP contribution in [0.3, 0.4) is 0 Å². The molecule has 0 spiro atoms. The van der Waals surface area contributed by atoms with Crippen molar-refractivity contribution in [2.45, 2.75) is 26.0 Å². The number of H-pyrrole nitrogens is 1. The lowest BCUT2D eigenvalue weighted by atomic mass is 10.1. The first kappa shape index (κ1) is 15.6. The van der Waals surface area contributed by atoms with E-state index in [-0.39, 0.29) is 0 Å². The van der Waals surface area contributed by atoms with Crippen molar-refractivity contribution in [2.75, 3.05) is 0 Å². The van der Waals surface area contributed by atoms with Gasteiger partial charge in [0.25, 0.3) is 0 Å². The predicted molar refractivity (Wildman–Crippen MR) is 98.2 cm³/mol. The van der Waals surface area contributed by atoms with E-state index in [9.17, 15) is 5.11 Å². The third-order valence-electron chi connectivity index (χ3n) is 4.40. The number of benzene rings is 2. The standard InChI is InChI=1S/C20H20N4O/c1-14(25)10-19-20(15-6-3-2-4-7-15)21-13-24(19)12-16-8-5-9-18-17(16)11-22-23-18/h2-9,11,13-14,25H,10,12H2,1H3,(H,22,23). The van der Waals surface area contributed by atoms with Crippen molar-refractivity contribution in [1.82, 2.24) is 19.7 Å². The first-order valence-electron chi connectivity index (χ1n) is 8.41. The van der Waals surface area contributed by atoms with E-state index in [0.717, 1.165) is 27.9 Å². The SMILES string of the molecule is CC(O)Cc1c(-c2ccccc2)ncn1Cc1cccc2[nH]ncc12. The fourth-order valence-corrected chi connectivity index (χ4v) is 3.23. The molecule has 0 aliphatic heterocycles. The van der Waals surface area contributed by atoms with Gasteiger partial charge in [0.15, 0.2) is 0 Å². The first-order chi connectivity index (χ1) is 12.2. The van der Waals surface area contributed by atoms with Gasteiger partial charge >= 0.3 is 0 Å². The Hall–Kier alpha value is -2.92. The van der Waals surface area contributed by atoms with Crippen LogP contribution in [0.5, 0.6) is 0 Å². The molecular weight excluding hydrogens is 312 g/mol. The normalized spacial score (nSPS) is 12.6. The van der Waals surface area contributed by atoms with E-state index in [1.807, 2.05) is 49.8 Å². The molecule has 4 aromatic rings. The maximum Gasteiger partial charge on any atom is 0.0959 e.